The summed E-state index contributed by atoms with van der Waals surface area (Å²) in [7, 11) is 1.49. The molecule has 8 nitrogen and oxygen atoms in total. The van der Waals surface area contributed by atoms with E-state index in [1.165, 1.54) is 48.4 Å². The van der Waals surface area contributed by atoms with Crippen molar-refractivity contribution in [2.24, 2.45) is 0 Å². The fraction of sp³-hybridized carbons (Fsp3) is 0.212. The molecule has 12 heteroatoms. The highest BCUT2D eigenvalue weighted by Gasteiger charge is 2.46. The maximum atomic E-state index is 14.2. The zero-order valence-electron chi connectivity index (χ0n) is 24.3. The highest BCUT2D eigenvalue weighted by atomic mass is 19.4. The quantitative estimate of drug-likeness (QED) is 0.210. The van der Waals surface area contributed by atoms with Crippen LogP contribution in [0.15, 0.2) is 91.0 Å². The van der Waals surface area contributed by atoms with E-state index in [1.807, 2.05) is 30.3 Å². The summed E-state index contributed by atoms with van der Waals surface area (Å²) >= 11 is 0. The standard InChI is InChI=1S/C33H29F4N5O3/c1-3-41-31-28(25(13-8-14-26(43)38-2)40-42(31)24-11-5-4-6-12-24)27(20-15-17-23(34)18-16-20)29(32(41)45)39-30(44)21-9-7-10-22(19-21)33(35,36)37/h4-12,14-19,27,29H,3,13H2,1-2H3,(H,38,43)(H,39,44)/b14-8+/t27-,29-/m0/s1. The van der Waals surface area contributed by atoms with Gasteiger partial charge in [-0.25, -0.2) is 9.07 Å². The number of anilines is 1. The first kappa shape index (κ1) is 31.2. The van der Waals surface area contributed by atoms with Crippen molar-refractivity contribution in [1.29, 1.82) is 0 Å². The monoisotopic (exact) mass is 619 g/mol. The molecule has 2 N–H and O–H groups in total. The van der Waals surface area contributed by atoms with Gasteiger partial charge in [0.05, 0.1) is 16.9 Å². The Morgan fingerprint density at radius 2 is 1.71 bits per heavy atom. The van der Waals surface area contributed by atoms with E-state index in [-0.39, 0.29) is 24.4 Å². The van der Waals surface area contributed by atoms with Crippen LogP contribution >= 0.6 is 0 Å². The van der Waals surface area contributed by atoms with E-state index < -0.39 is 41.3 Å². The SMILES string of the molecule is CCN1C(=O)[C@@H](NC(=O)c2cccc(C(F)(F)F)c2)[C@@H](c2ccc(F)cc2)c2c(C/C=C/C(=O)NC)nn(-c3ccccc3)c21. The number of alkyl halides is 3. The van der Waals surface area contributed by atoms with Gasteiger partial charge in [0.1, 0.15) is 17.7 Å². The molecular weight excluding hydrogens is 590 g/mol. The molecule has 0 aliphatic carbocycles. The van der Waals surface area contributed by atoms with E-state index in [4.69, 9.17) is 5.10 Å². The summed E-state index contributed by atoms with van der Waals surface area (Å²) in [6.07, 6.45) is -1.56. The molecule has 1 aliphatic rings. The molecule has 2 heterocycles. The maximum absolute atomic E-state index is 14.2. The van der Waals surface area contributed by atoms with E-state index in [0.29, 0.717) is 28.3 Å². The zero-order valence-corrected chi connectivity index (χ0v) is 24.3. The highest BCUT2D eigenvalue weighted by Crippen LogP contribution is 2.44. The Morgan fingerprint density at radius 3 is 2.36 bits per heavy atom. The summed E-state index contributed by atoms with van der Waals surface area (Å²) in [5.41, 5.74) is 0.853. The van der Waals surface area contributed by atoms with Gasteiger partial charge in [-0.05, 0) is 61.0 Å². The van der Waals surface area contributed by atoms with Gasteiger partial charge >= 0.3 is 6.18 Å². The third kappa shape index (κ3) is 6.35. The minimum Gasteiger partial charge on any atom is -0.356 e. The average molecular weight is 620 g/mol. The summed E-state index contributed by atoms with van der Waals surface area (Å²) in [5.74, 6) is -2.75. The van der Waals surface area contributed by atoms with Crippen molar-refractivity contribution >= 4 is 23.5 Å². The molecule has 45 heavy (non-hydrogen) atoms. The third-order valence-corrected chi connectivity index (χ3v) is 7.52. The molecule has 0 spiro atoms. The number of aromatic nitrogens is 2. The van der Waals surface area contributed by atoms with Crippen LogP contribution in [-0.4, -0.2) is 47.1 Å². The van der Waals surface area contributed by atoms with Crippen LogP contribution in [0.2, 0.25) is 0 Å². The van der Waals surface area contributed by atoms with Gasteiger partial charge in [0.2, 0.25) is 5.91 Å². The number of carbonyl (C=O) groups is 3. The molecule has 0 bridgehead atoms. The van der Waals surface area contributed by atoms with Gasteiger partial charge in [0.15, 0.2) is 0 Å². The van der Waals surface area contributed by atoms with Crippen LogP contribution < -0.4 is 15.5 Å². The van der Waals surface area contributed by atoms with Crippen LogP contribution in [0.1, 0.15) is 45.6 Å². The number of para-hydroxylation sites is 1. The van der Waals surface area contributed by atoms with E-state index in [9.17, 15) is 31.9 Å². The summed E-state index contributed by atoms with van der Waals surface area (Å²) in [6, 6.07) is 17.1. The molecule has 1 aliphatic heterocycles. The smallest absolute Gasteiger partial charge is 0.356 e. The minimum atomic E-state index is -4.68. The predicted octanol–water partition coefficient (Wildman–Crippen LogP) is 5.17. The molecule has 2 atom stereocenters. The lowest BCUT2D eigenvalue weighted by Crippen LogP contribution is -2.55. The molecule has 5 rings (SSSR count). The van der Waals surface area contributed by atoms with Crippen LogP contribution in [0.3, 0.4) is 0 Å². The van der Waals surface area contributed by atoms with Gasteiger partial charge in [0.25, 0.3) is 11.8 Å². The normalized spacial score (nSPS) is 16.5. The van der Waals surface area contributed by atoms with Crippen LogP contribution in [0.5, 0.6) is 0 Å². The molecule has 1 aromatic heterocycles. The predicted molar refractivity (Wildman–Crippen MR) is 159 cm³/mol. The van der Waals surface area contributed by atoms with Crippen molar-refractivity contribution in [3.63, 3.8) is 0 Å². The number of rotatable bonds is 8. The Hall–Kier alpha value is -5.26. The molecule has 0 saturated heterocycles. The van der Waals surface area contributed by atoms with Gasteiger partial charge in [0, 0.05) is 37.1 Å². The second-order valence-electron chi connectivity index (χ2n) is 10.3. The van der Waals surface area contributed by atoms with Crippen molar-refractivity contribution in [2.75, 3.05) is 18.5 Å². The van der Waals surface area contributed by atoms with Crippen molar-refractivity contribution in [3.05, 3.63) is 125 Å². The first-order valence-electron chi connectivity index (χ1n) is 14.1. The van der Waals surface area contributed by atoms with E-state index in [1.54, 1.807) is 17.7 Å². The summed E-state index contributed by atoms with van der Waals surface area (Å²) in [4.78, 5) is 41.1. The number of fused-ring (bicyclic) bond motifs is 1. The number of amides is 3. The van der Waals surface area contributed by atoms with Crippen molar-refractivity contribution in [3.8, 4) is 5.69 Å². The fourth-order valence-electron chi connectivity index (χ4n) is 5.43. The largest absolute Gasteiger partial charge is 0.416 e. The van der Waals surface area contributed by atoms with E-state index in [0.717, 1.165) is 18.2 Å². The summed E-state index contributed by atoms with van der Waals surface area (Å²) < 4.78 is 56.0. The summed E-state index contributed by atoms with van der Waals surface area (Å²) in [5, 5.41) is 10.0. The molecule has 3 aromatic carbocycles. The lowest BCUT2D eigenvalue weighted by Gasteiger charge is -2.38. The van der Waals surface area contributed by atoms with Gasteiger partial charge in [-0.2, -0.15) is 18.3 Å². The molecule has 4 aromatic rings. The first-order valence-corrected chi connectivity index (χ1v) is 14.1. The Labute approximate surface area is 256 Å². The number of allylic oxidation sites excluding steroid dienone is 1. The third-order valence-electron chi connectivity index (χ3n) is 7.52. The number of halogens is 4. The first-order chi connectivity index (χ1) is 21.5. The number of hydrogen-bond donors (Lipinski definition) is 2. The van der Waals surface area contributed by atoms with Crippen molar-refractivity contribution < 1.29 is 31.9 Å². The number of benzene rings is 3. The lowest BCUT2D eigenvalue weighted by molar-refractivity contribution is -0.137. The Morgan fingerprint density at radius 1 is 1.00 bits per heavy atom. The molecule has 0 unspecified atom stereocenters. The summed E-state index contributed by atoms with van der Waals surface area (Å²) in [6.45, 7) is 1.92. The Bertz CT molecular complexity index is 1750. The van der Waals surface area contributed by atoms with Gasteiger partial charge < -0.3 is 10.6 Å². The molecule has 0 saturated carbocycles. The lowest BCUT2D eigenvalue weighted by atomic mass is 9.80. The Balaban J connectivity index is 1.70. The zero-order chi connectivity index (χ0) is 32.3. The molecular formula is C33H29F4N5O3. The number of carbonyl (C=O) groups excluding carboxylic acids is 3. The highest BCUT2D eigenvalue weighted by molar-refractivity contribution is 6.05. The van der Waals surface area contributed by atoms with Crippen LogP contribution in [0.4, 0.5) is 23.4 Å². The number of hydrogen-bond acceptors (Lipinski definition) is 4. The van der Waals surface area contributed by atoms with Crippen LogP contribution in [-0.2, 0) is 22.2 Å². The van der Waals surface area contributed by atoms with Gasteiger partial charge in [-0.1, -0.05) is 42.5 Å². The van der Waals surface area contributed by atoms with Crippen molar-refractivity contribution in [2.45, 2.75) is 31.5 Å². The molecule has 0 fully saturated rings. The maximum Gasteiger partial charge on any atom is 0.416 e. The van der Waals surface area contributed by atoms with E-state index >= 15 is 0 Å². The number of nitrogens with zero attached hydrogens (tertiary/aromatic N) is 3. The minimum absolute atomic E-state index is 0.160. The van der Waals surface area contributed by atoms with Gasteiger partial charge in [-0.3, -0.25) is 19.3 Å². The number of likely N-dealkylation sites (N-methyl/N-ethyl adjacent to an activating group) is 2. The van der Waals surface area contributed by atoms with Crippen molar-refractivity contribution in [1.82, 2.24) is 20.4 Å². The van der Waals surface area contributed by atoms with Gasteiger partial charge in [-0.15, -0.1) is 0 Å². The Kier molecular flexibility index (Phi) is 8.84. The molecule has 232 valence electrons. The average Bonchev–Trinajstić information content (AvgIpc) is 3.40. The van der Waals surface area contributed by atoms with E-state index in [2.05, 4.69) is 10.6 Å². The molecule has 3 amide bonds. The fourth-order valence-corrected chi connectivity index (χ4v) is 5.43. The van der Waals surface area contributed by atoms with Crippen LogP contribution in [0, 0.1) is 5.82 Å². The second-order valence-corrected chi connectivity index (χ2v) is 10.3. The second kappa shape index (κ2) is 12.8. The number of nitrogens with one attached hydrogen (secondary N) is 2. The van der Waals surface area contributed by atoms with Crippen LogP contribution in [0.25, 0.3) is 5.69 Å². The molecule has 0 radical (unpaired) electrons. The topological polar surface area (TPSA) is 96.3 Å².